The molecule has 0 amide bonds. The minimum Gasteiger partial charge on any atom is -0.743 e. The molecular formula is C8H9F8LiO3S. The molecule has 0 saturated heterocycles. The maximum absolute atomic E-state index is 12.9. The molecule has 13 heteroatoms. The summed E-state index contributed by atoms with van der Waals surface area (Å²) in [7, 11) is -7.27. The first-order chi connectivity index (χ1) is 8.56. The molecule has 0 aromatic carbocycles. The third-order valence-corrected chi connectivity index (χ3v) is 3.26. The summed E-state index contributed by atoms with van der Waals surface area (Å²) in [5.41, 5.74) is 0. The maximum atomic E-state index is 12.9. The largest absolute Gasteiger partial charge is 1.00 e. The zero-order chi connectivity index (χ0) is 16.6. The third kappa shape index (κ3) is 3.83. The molecular weight excluding hydrogens is 335 g/mol. The minimum absolute atomic E-state index is 0. The Kier molecular flexibility index (Phi) is 7.29. The normalized spacial score (nSPS) is 14.8. The maximum Gasteiger partial charge on any atom is 1.00 e. The van der Waals surface area contributed by atoms with Crippen LogP contribution in [0.15, 0.2) is 0 Å². The molecule has 0 saturated carbocycles. The van der Waals surface area contributed by atoms with Gasteiger partial charge < -0.3 is 4.55 Å². The van der Waals surface area contributed by atoms with Crippen molar-refractivity contribution in [3.8, 4) is 0 Å². The molecule has 0 atom stereocenters. The van der Waals surface area contributed by atoms with E-state index in [4.69, 9.17) is 0 Å². The Labute approximate surface area is 127 Å². The molecule has 0 heterocycles. The summed E-state index contributed by atoms with van der Waals surface area (Å²) in [6.45, 7) is 1.24. The Bertz CT molecular complexity index is 450. The van der Waals surface area contributed by atoms with Gasteiger partial charge in [0.05, 0.1) is 0 Å². The van der Waals surface area contributed by atoms with Crippen molar-refractivity contribution in [1.82, 2.24) is 0 Å². The van der Waals surface area contributed by atoms with E-state index in [1.54, 1.807) is 0 Å². The van der Waals surface area contributed by atoms with Crippen molar-refractivity contribution in [1.29, 1.82) is 0 Å². The average Bonchev–Trinajstić information content (AvgIpc) is 2.24. The monoisotopic (exact) mass is 344 g/mol. The number of hydrogen-bond acceptors (Lipinski definition) is 3. The molecule has 0 aliphatic heterocycles. The van der Waals surface area contributed by atoms with E-state index >= 15 is 0 Å². The van der Waals surface area contributed by atoms with Crippen LogP contribution in [-0.2, 0) is 10.1 Å². The van der Waals surface area contributed by atoms with Gasteiger partial charge >= 0.3 is 41.9 Å². The van der Waals surface area contributed by atoms with Crippen LogP contribution < -0.4 is 18.9 Å². The smallest absolute Gasteiger partial charge is 0.743 e. The van der Waals surface area contributed by atoms with Crippen molar-refractivity contribution in [2.75, 3.05) is 0 Å². The van der Waals surface area contributed by atoms with E-state index in [1.165, 1.54) is 6.92 Å². The second-order valence-corrected chi connectivity index (χ2v) is 5.35. The van der Waals surface area contributed by atoms with E-state index in [2.05, 4.69) is 0 Å². The molecule has 0 aliphatic rings. The van der Waals surface area contributed by atoms with E-state index in [-0.39, 0.29) is 25.3 Å². The molecule has 0 aliphatic carbocycles. The summed E-state index contributed by atoms with van der Waals surface area (Å²) >= 11 is 0. The fourth-order valence-corrected chi connectivity index (χ4v) is 1.57. The Morgan fingerprint density at radius 3 is 1.57 bits per heavy atom. The number of unbranched alkanes of at least 4 members (excludes halogenated alkanes) is 1. The molecule has 0 bridgehead atoms. The van der Waals surface area contributed by atoms with E-state index in [1.807, 2.05) is 0 Å². The molecule has 0 unspecified atom stereocenters. The fourth-order valence-electron chi connectivity index (χ4n) is 1.13. The van der Waals surface area contributed by atoms with Crippen LogP contribution in [0.3, 0.4) is 0 Å². The van der Waals surface area contributed by atoms with Gasteiger partial charge in [0.1, 0.15) is 0 Å². The molecule has 0 aromatic heterocycles. The van der Waals surface area contributed by atoms with Gasteiger partial charge in [0.2, 0.25) is 0 Å². The molecule has 0 fully saturated rings. The Morgan fingerprint density at radius 1 is 0.905 bits per heavy atom. The van der Waals surface area contributed by atoms with E-state index < -0.39 is 46.0 Å². The predicted molar refractivity (Wildman–Crippen MR) is 49.0 cm³/mol. The van der Waals surface area contributed by atoms with Gasteiger partial charge in [-0.05, 0) is 6.42 Å². The third-order valence-electron chi connectivity index (χ3n) is 2.38. The zero-order valence-electron chi connectivity index (χ0n) is 10.8. The predicted octanol–water partition coefficient (Wildman–Crippen LogP) is 0.225. The van der Waals surface area contributed by atoms with Crippen LogP contribution in [0, 0.1) is 0 Å². The summed E-state index contributed by atoms with van der Waals surface area (Å²) in [6, 6.07) is 0. The molecule has 122 valence electrons. The molecule has 0 radical (unpaired) electrons. The Morgan fingerprint density at radius 2 is 1.29 bits per heavy atom. The quantitative estimate of drug-likeness (QED) is 0.377. The molecule has 0 rings (SSSR count). The topological polar surface area (TPSA) is 57.2 Å². The van der Waals surface area contributed by atoms with Crippen LogP contribution in [0.2, 0.25) is 0 Å². The van der Waals surface area contributed by atoms with Crippen LogP contribution in [0.5, 0.6) is 0 Å². The summed E-state index contributed by atoms with van der Waals surface area (Å²) in [5.74, 6) is -19.4. The SMILES string of the molecule is CCCCC(F)(F)C(F)(F)C(F)(F)C(F)(F)S(=O)(=O)[O-].[Li+]. The summed E-state index contributed by atoms with van der Waals surface area (Å²) in [6.07, 6.45) is -2.71. The van der Waals surface area contributed by atoms with Gasteiger partial charge in [-0.25, -0.2) is 8.42 Å². The van der Waals surface area contributed by atoms with Crippen LogP contribution in [0.1, 0.15) is 26.2 Å². The minimum atomic E-state index is -7.27. The van der Waals surface area contributed by atoms with Gasteiger partial charge in [-0.2, -0.15) is 35.1 Å². The van der Waals surface area contributed by atoms with E-state index in [9.17, 15) is 48.1 Å². The summed E-state index contributed by atoms with van der Waals surface area (Å²) < 4.78 is 132. The standard InChI is InChI=1S/C8H10F8O3S.Li/c1-2-3-4-5(9,10)6(11,12)7(13,14)8(15,16)20(17,18)19;/h2-4H2,1H3,(H,17,18,19);/q;+1/p-1. The van der Waals surface area contributed by atoms with Crippen LogP contribution in [-0.4, -0.2) is 36.0 Å². The van der Waals surface area contributed by atoms with Crippen molar-refractivity contribution in [2.24, 2.45) is 0 Å². The summed E-state index contributed by atoms with van der Waals surface area (Å²) in [4.78, 5) is 0. The zero-order valence-corrected chi connectivity index (χ0v) is 11.6. The first-order valence-corrected chi connectivity index (χ1v) is 6.43. The number of halogens is 8. The second kappa shape index (κ2) is 6.60. The van der Waals surface area contributed by atoms with Gasteiger partial charge in [-0.15, -0.1) is 0 Å². The number of rotatable bonds is 7. The van der Waals surface area contributed by atoms with Gasteiger partial charge in [0.15, 0.2) is 10.1 Å². The number of hydrogen-bond donors (Lipinski definition) is 0. The van der Waals surface area contributed by atoms with Gasteiger partial charge in [0, 0.05) is 6.42 Å². The molecule has 0 spiro atoms. The first-order valence-electron chi connectivity index (χ1n) is 5.03. The van der Waals surface area contributed by atoms with E-state index in [0.717, 1.165) is 0 Å². The van der Waals surface area contributed by atoms with Gasteiger partial charge in [-0.1, -0.05) is 13.3 Å². The fraction of sp³-hybridized carbons (Fsp3) is 1.00. The van der Waals surface area contributed by atoms with Crippen molar-refractivity contribution < 1.29 is 67.0 Å². The second-order valence-electron chi connectivity index (χ2n) is 3.93. The van der Waals surface area contributed by atoms with Crippen molar-refractivity contribution in [3.63, 3.8) is 0 Å². The van der Waals surface area contributed by atoms with Crippen molar-refractivity contribution >= 4 is 10.1 Å². The van der Waals surface area contributed by atoms with Crippen molar-refractivity contribution in [2.45, 2.75) is 49.2 Å². The Balaban J connectivity index is 0. The van der Waals surface area contributed by atoms with Crippen LogP contribution >= 0.6 is 0 Å². The average molecular weight is 344 g/mol. The number of alkyl halides is 8. The summed E-state index contributed by atoms with van der Waals surface area (Å²) in [5, 5.41) is -6.88. The first kappa shape index (κ1) is 23.2. The molecule has 0 aromatic rings. The van der Waals surface area contributed by atoms with Crippen LogP contribution in [0.25, 0.3) is 0 Å². The molecule has 0 N–H and O–H groups in total. The van der Waals surface area contributed by atoms with Gasteiger partial charge in [0.25, 0.3) is 0 Å². The van der Waals surface area contributed by atoms with Crippen molar-refractivity contribution in [3.05, 3.63) is 0 Å². The van der Waals surface area contributed by atoms with E-state index in [0.29, 0.717) is 0 Å². The van der Waals surface area contributed by atoms with Crippen LogP contribution in [0.4, 0.5) is 35.1 Å². The molecule has 3 nitrogen and oxygen atoms in total. The van der Waals surface area contributed by atoms with Gasteiger partial charge in [-0.3, -0.25) is 0 Å². The Hall–Kier alpha value is -0.0526. The molecule has 21 heavy (non-hydrogen) atoms.